The van der Waals surface area contributed by atoms with Gasteiger partial charge in [-0.3, -0.25) is 14.9 Å². The number of hydrogen-bond acceptors (Lipinski definition) is 4. The van der Waals surface area contributed by atoms with Crippen LogP contribution in [0.3, 0.4) is 0 Å². The zero-order chi connectivity index (χ0) is 15.4. The lowest BCUT2D eigenvalue weighted by Gasteiger charge is -2.19. The molecule has 0 bridgehead atoms. The number of nitro groups is 1. The SMILES string of the molecule is CC(C)C(C)Nc1ccc(C(=O)N(C)C)cc1[N+](=O)[O-]. The summed E-state index contributed by atoms with van der Waals surface area (Å²) in [5.41, 5.74) is 0.668. The minimum absolute atomic E-state index is 0.0785. The summed E-state index contributed by atoms with van der Waals surface area (Å²) in [6.45, 7) is 6.04. The first-order valence-electron chi connectivity index (χ1n) is 6.50. The number of hydrogen-bond donors (Lipinski definition) is 1. The van der Waals surface area contributed by atoms with Gasteiger partial charge in [0.25, 0.3) is 11.6 Å². The minimum atomic E-state index is -0.470. The van der Waals surface area contributed by atoms with E-state index in [1.54, 1.807) is 26.2 Å². The van der Waals surface area contributed by atoms with Crippen LogP contribution in [0.1, 0.15) is 31.1 Å². The molecule has 6 heteroatoms. The Bertz CT molecular complexity index is 512. The summed E-state index contributed by atoms with van der Waals surface area (Å²) in [4.78, 5) is 23.9. The second kappa shape index (κ2) is 6.36. The van der Waals surface area contributed by atoms with Crippen molar-refractivity contribution in [2.24, 2.45) is 5.92 Å². The van der Waals surface area contributed by atoms with Crippen LogP contribution < -0.4 is 5.32 Å². The lowest BCUT2D eigenvalue weighted by molar-refractivity contribution is -0.384. The Morgan fingerprint density at radius 3 is 2.35 bits per heavy atom. The molecular weight excluding hydrogens is 258 g/mol. The van der Waals surface area contributed by atoms with Gasteiger partial charge in [-0.05, 0) is 25.0 Å². The highest BCUT2D eigenvalue weighted by atomic mass is 16.6. The Morgan fingerprint density at radius 1 is 1.30 bits per heavy atom. The third kappa shape index (κ3) is 3.69. The van der Waals surface area contributed by atoms with E-state index < -0.39 is 4.92 Å². The van der Waals surface area contributed by atoms with Gasteiger partial charge in [0.1, 0.15) is 5.69 Å². The van der Waals surface area contributed by atoms with Gasteiger partial charge in [-0.2, -0.15) is 0 Å². The van der Waals surface area contributed by atoms with Crippen molar-refractivity contribution in [2.45, 2.75) is 26.8 Å². The summed E-state index contributed by atoms with van der Waals surface area (Å²) in [6.07, 6.45) is 0. The number of anilines is 1. The Morgan fingerprint density at radius 2 is 1.90 bits per heavy atom. The number of carbonyl (C=O) groups is 1. The van der Waals surface area contributed by atoms with E-state index in [-0.39, 0.29) is 17.6 Å². The highest BCUT2D eigenvalue weighted by molar-refractivity contribution is 5.95. The summed E-state index contributed by atoms with van der Waals surface area (Å²) in [5.74, 6) is 0.0919. The topological polar surface area (TPSA) is 75.5 Å². The molecule has 0 spiro atoms. The van der Waals surface area contributed by atoms with Crippen LogP contribution in [-0.4, -0.2) is 35.9 Å². The van der Waals surface area contributed by atoms with Gasteiger partial charge in [-0.25, -0.2) is 0 Å². The lowest BCUT2D eigenvalue weighted by atomic mass is 10.1. The Labute approximate surface area is 118 Å². The van der Waals surface area contributed by atoms with Gasteiger partial charge in [0, 0.05) is 31.8 Å². The number of nitrogens with zero attached hydrogens (tertiary/aromatic N) is 2. The molecule has 0 radical (unpaired) electrons. The van der Waals surface area contributed by atoms with E-state index in [0.717, 1.165) is 0 Å². The van der Waals surface area contributed by atoms with E-state index in [1.165, 1.54) is 11.0 Å². The van der Waals surface area contributed by atoms with Crippen LogP contribution in [0.15, 0.2) is 18.2 Å². The summed E-state index contributed by atoms with van der Waals surface area (Å²) < 4.78 is 0. The van der Waals surface area contributed by atoms with Gasteiger partial charge >= 0.3 is 0 Å². The molecule has 1 unspecified atom stereocenters. The van der Waals surface area contributed by atoms with Crippen LogP contribution in [0.5, 0.6) is 0 Å². The fraction of sp³-hybridized carbons (Fsp3) is 0.500. The highest BCUT2D eigenvalue weighted by Gasteiger charge is 2.20. The van der Waals surface area contributed by atoms with Gasteiger partial charge in [-0.1, -0.05) is 13.8 Å². The second-order valence-electron chi connectivity index (χ2n) is 5.37. The molecule has 0 aromatic heterocycles. The van der Waals surface area contributed by atoms with Gasteiger partial charge in [-0.15, -0.1) is 0 Å². The molecule has 1 N–H and O–H groups in total. The Balaban J connectivity index is 3.15. The molecule has 1 atom stereocenters. The first-order valence-corrected chi connectivity index (χ1v) is 6.50. The number of amides is 1. The Kier molecular flexibility index (Phi) is 5.07. The van der Waals surface area contributed by atoms with Crippen LogP contribution in [0, 0.1) is 16.0 Å². The number of benzene rings is 1. The summed E-state index contributed by atoms with van der Waals surface area (Å²) in [5, 5.41) is 14.3. The van der Waals surface area contributed by atoms with Crippen LogP contribution in [-0.2, 0) is 0 Å². The molecule has 1 rings (SSSR count). The number of nitro benzene ring substituents is 1. The van der Waals surface area contributed by atoms with Gasteiger partial charge < -0.3 is 10.2 Å². The third-order valence-electron chi connectivity index (χ3n) is 3.23. The largest absolute Gasteiger partial charge is 0.377 e. The molecule has 6 nitrogen and oxygen atoms in total. The summed E-state index contributed by atoms with van der Waals surface area (Å²) in [6, 6.07) is 4.61. The van der Waals surface area contributed by atoms with Crippen molar-refractivity contribution in [1.29, 1.82) is 0 Å². The van der Waals surface area contributed by atoms with E-state index in [1.807, 2.05) is 20.8 Å². The van der Waals surface area contributed by atoms with Gasteiger partial charge in [0.15, 0.2) is 0 Å². The molecule has 0 aliphatic carbocycles. The zero-order valence-electron chi connectivity index (χ0n) is 12.5. The van der Waals surface area contributed by atoms with Crippen LogP contribution in [0.2, 0.25) is 0 Å². The summed E-state index contributed by atoms with van der Waals surface area (Å²) >= 11 is 0. The monoisotopic (exact) mass is 279 g/mol. The lowest BCUT2D eigenvalue weighted by Crippen LogP contribution is -2.23. The van der Waals surface area contributed by atoms with Crippen LogP contribution in [0.25, 0.3) is 0 Å². The molecule has 0 heterocycles. The quantitative estimate of drug-likeness (QED) is 0.664. The number of rotatable bonds is 5. The predicted octanol–water partition coefficient (Wildman–Crippen LogP) is 2.75. The van der Waals surface area contributed by atoms with Crippen molar-refractivity contribution in [3.63, 3.8) is 0 Å². The van der Waals surface area contributed by atoms with Crippen molar-refractivity contribution in [3.05, 3.63) is 33.9 Å². The fourth-order valence-electron chi connectivity index (χ4n) is 1.61. The van der Waals surface area contributed by atoms with E-state index in [4.69, 9.17) is 0 Å². The van der Waals surface area contributed by atoms with Crippen molar-refractivity contribution in [2.75, 3.05) is 19.4 Å². The highest BCUT2D eigenvalue weighted by Crippen LogP contribution is 2.27. The third-order valence-corrected chi connectivity index (χ3v) is 3.23. The van der Waals surface area contributed by atoms with Crippen molar-refractivity contribution in [3.8, 4) is 0 Å². The van der Waals surface area contributed by atoms with E-state index in [2.05, 4.69) is 5.32 Å². The molecule has 1 amide bonds. The second-order valence-corrected chi connectivity index (χ2v) is 5.37. The molecular formula is C14H21N3O3. The number of nitrogens with one attached hydrogen (secondary N) is 1. The molecule has 110 valence electrons. The predicted molar refractivity (Wildman–Crippen MR) is 79.0 cm³/mol. The molecule has 1 aromatic carbocycles. The smallest absolute Gasteiger partial charge is 0.293 e. The molecule has 0 fully saturated rings. The van der Waals surface area contributed by atoms with E-state index >= 15 is 0 Å². The fourth-order valence-corrected chi connectivity index (χ4v) is 1.61. The van der Waals surface area contributed by atoms with Gasteiger partial charge in [0.05, 0.1) is 4.92 Å². The molecule has 1 aromatic rings. The first kappa shape index (κ1) is 15.9. The van der Waals surface area contributed by atoms with Crippen LogP contribution >= 0.6 is 0 Å². The average Bonchev–Trinajstić information content (AvgIpc) is 2.37. The van der Waals surface area contributed by atoms with Crippen molar-refractivity contribution < 1.29 is 9.72 Å². The van der Waals surface area contributed by atoms with E-state index in [9.17, 15) is 14.9 Å². The van der Waals surface area contributed by atoms with E-state index in [0.29, 0.717) is 17.2 Å². The molecule has 20 heavy (non-hydrogen) atoms. The maximum absolute atomic E-state index is 11.8. The maximum atomic E-state index is 11.8. The van der Waals surface area contributed by atoms with Crippen molar-refractivity contribution >= 4 is 17.3 Å². The standard InChI is InChI=1S/C14H21N3O3/c1-9(2)10(3)15-12-7-6-11(14(18)16(4)5)8-13(12)17(19)20/h6-10,15H,1-5H3. The zero-order valence-corrected chi connectivity index (χ0v) is 12.5. The average molecular weight is 279 g/mol. The molecule has 0 saturated carbocycles. The van der Waals surface area contributed by atoms with Gasteiger partial charge in [0.2, 0.25) is 0 Å². The molecule has 0 aliphatic heterocycles. The molecule has 0 aliphatic rings. The minimum Gasteiger partial charge on any atom is -0.377 e. The summed E-state index contributed by atoms with van der Waals surface area (Å²) in [7, 11) is 3.22. The van der Waals surface area contributed by atoms with Crippen molar-refractivity contribution in [1.82, 2.24) is 4.90 Å². The maximum Gasteiger partial charge on any atom is 0.293 e. The normalized spacial score (nSPS) is 12.1. The van der Waals surface area contributed by atoms with Crippen LogP contribution in [0.4, 0.5) is 11.4 Å². The first-order chi connectivity index (χ1) is 9.23. The Hall–Kier alpha value is -2.11. The molecule has 0 saturated heterocycles. The number of carbonyl (C=O) groups excluding carboxylic acids is 1.